The number of hydrogen-bond donors (Lipinski definition) is 1. The van der Waals surface area contributed by atoms with Gasteiger partial charge in [-0.25, -0.2) is 4.79 Å². The first-order valence-electron chi connectivity index (χ1n) is 8.66. The van der Waals surface area contributed by atoms with Crippen molar-refractivity contribution in [3.8, 4) is 5.75 Å². The zero-order chi connectivity index (χ0) is 18.3. The molecule has 0 radical (unpaired) electrons. The normalized spacial score (nSPS) is 17.4. The summed E-state index contributed by atoms with van der Waals surface area (Å²) in [6.45, 7) is 1.97. The van der Waals surface area contributed by atoms with E-state index in [1.165, 1.54) is 7.11 Å². The maximum atomic E-state index is 12.5. The van der Waals surface area contributed by atoms with Gasteiger partial charge in [0.1, 0.15) is 17.4 Å². The number of ether oxygens (including phenoxy) is 3. The molecule has 0 bridgehead atoms. The Morgan fingerprint density at radius 2 is 1.92 bits per heavy atom. The minimum Gasteiger partial charge on any atom is -0.497 e. The standard InChI is InChI=1S/C19H27NO5/c1-14(25-13-15-8-7-9-16(12-15)23-2)17(21)20-19(18(22)24-3)10-5-4-6-11-19/h7-9,12,14H,4-6,10-11,13H2,1-3H3,(H,20,21). The van der Waals surface area contributed by atoms with Crippen LogP contribution in [-0.4, -0.2) is 37.7 Å². The first-order chi connectivity index (χ1) is 12.0. The summed E-state index contributed by atoms with van der Waals surface area (Å²) in [6.07, 6.45) is 3.40. The van der Waals surface area contributed by atoms with Crippen LogP contribution in [0.3, 0.4) is 0 Å². The van der Waals surface area contributed by atoms with Crippen LogP contribution in [0.15, 0.2) is 24.3 Å². The van der Waals surface area contributed by atoms with E-state index in [4.69, 9.17) is 14.2 Å². The number of rotatable bonds is 7. The molecule has 1 fully saturated rings. The topological polar surface area (TPSA) is 73.9 Å². The molecule has 138 valence electrons. The van der Waals surface area contributed by atoms with E-state index in [1.54, 1.807) is 14.0 Å². The molecule has 1 aliphatic carbocycles. The predicted octanol–water partition coefficient (Wildman–Crippen LogP) is 2.59. The number of nitrogens with one attached hydrogen (secondary N) is 1. The van der Waals surface area contributed by atoms with Crippen LogP contribution in [0, 0.1) is 0 Å². The Morgan fingerprint density at radius 1 is 1.20 bits per heavy atom. The van der Waals surface area contributed by atoms with Crippen LogP contribution in [0.5, 0.6) is 5.75 Å². The minimum atomic E-state index is -0.919. The van der Waals surface area contributed by atoms with Gasteiger partial charge in [-0.2, -0.15) is 0 Å². The fourth-order valence-corrected chi connectivity index (χ4v) is 3.13. The van der Waals surface area contributed by atoms with E-state index in [0.29, 0.717) is 12.8 Å². The Morgan fingerprint density at radius 3 is 2.56 bits per heavy atom. The summed E-state index contributed by atoms with van der Waals surface area (Å²) < 4.78 is 15.8. The van der Waals surface area contributed by atoms with Crippen molar-refractivity contribution in [1.82, 2.24) is 5.32 Å². The van der Waals surface area contributed by atoms with Crippen molar-refractivity contribution in [2.75, 3.05) is 14.2 Å². The summed E-state index contributed by atoms with van der Waals surface area (Å²) in [7, 11) is 2.96. The fraction of sp³-hybridized carbons (Fsp3) is 0.579. The van der Waals surface area contributed by atoms with E-state index in [9.17, 15) is 9.59 Å². The summed E-state index contributed by atoms with van der Waals surface area (Å²) in [5, 5.41) is 2.88. The van der Waals surface area contributed by atoms with Crippen molar-refractivity contribution in [2.24, 2.45) is 0 Å². The summed E-state index contributed by atoms with van der Waals surface area (Å²) in [5.41, 5.74) is -0.00292. The Kier molecular flexibility index (Phi) is 6.82. The molecule has 0 aliphatic heterocycles. The largest absolute Gasteiger partial charge is 0.497 e. The third-order valence-corrected chi connectivity index (χ3v) is 4.65. The SMILES string of the molecule is COC(=O)C1(NC(=O)C(C)OCc2cccc(OC)c2)CCCCC1. The van der Waals surface area contributed by atoms with Gasteiger partial charge in [0.25, 0.3) is 0 Å². The number of methoxy groups -OCH3 is 2. The molecule has 1 aromatic rings. The van der Waals surface area contributed by atoms with Gasteiger partial charge in [0.15, 0.2) is 0 Å². The quantitative estimate of drug-likeness (QED) is 0.766. The van der Waals surface area contributed by atoms with Crippen molar-refractivity contribution < 1.29 is 23.8 Å². The van der Waals surface area contributed by atoms with Gasteiger partial charge in [0.05, 0.1) is 20.8 Å². The van der Waals surface area contributed by atoms with Gasteiger partial charge in [0, 0.05) is 0 Å². The van der Waals surface area contributed by atoms with Gasteiger partial charge in [-0.15, -0.1) is 0 Å². The molecule has 2 rings (SSSR count). The van der Waals surface area contributed by atoms with Gasteiger partial charge in [-0.05, 0) is 37.5 Å². The Balaban J connectivity index is 1.95. The molecule has 6 nitrogen and oxygen atoms in total. The van der Waals surface area contributed by atoms with Crippen LogP contribution in [0.4, 0.5) is 0 Å². The van der Waals surface area contributed by atoms with Crippen molar-refractivity contribution >= 4 is 11.9 Å². The molecule has 1 N–H and O–H groups in total. The number of carbonyl (C=O) groups excluding carboxylic acids is 2. The lowest BCUT2D eigenvalue weighted by atomic mass is 9.81. The molecule has 0 spiro atoms. The summed E-state index contributed by atoms with van der Waals surface area (Å²) >= 11 is 0. The predicted molar refractivity (Wildman–Crippen MR) is 93.2 cm³/mol. The smallest absolute Gasteiger partial charge is 0.331 e. The number of benzene rings is 1. The maximum absolute atomic E-state index is 12.5. The molecule has 1 atom stereocenters. The Hall–Kier alpha value is -2.08. The number of esters is 1. The summed E-state index contributed by atoms with van der Waals surface area (Å²) in [4.78, 5) is 24.7. The van der Waals surface area contributed by atoms with Crippen molar-refractivity contribution in [3.63, 3.8) is 0 Å². The second-order valence-corrected chi connectivity index (χ2v) is 6.43. The van der Waals surface area contributed by atoms with Gasteiger partial charge in [-0.1, -0.05) is 31.4 Å². The molecular formula is C19H27NO5. The van der Waals surface area contributed by atoms with Crippen LogP contribution in [0.1, 0.15) is 44.6 Å². The molecule has 0 aromatic heterocycles. The molecule has 1 unspecified atom stereocenters. The first-order valence-corrected chi connectivity index (χ1v) is 8.66. The number of amides is 1. The second-order valence-electron chi connectivity index (χ2n) is 6.43. The number of hydrogen-bond acceptors (Lipinski definition) is 5. The average Bonchev–Trinajstić information content (AvgIpc) is 2.66. The lowest BCUT2D eigenvalue weighted by molar-refractivity contribution is -0.154. The lowest BCUT2D eigenvalue weighted by Crippen LogP contribution is -2.58. The van der Waals surface area contributed by atoms with Crippen LogP contribution < -0.4 is 10.1 Å². The lowest BCUT2D eigenvalue weighted by Gasteiger charge is -2.35. The van der Waals surface area contributed by atoms with E-state index in [-0.39, 0.29) is 18.5 Å². The molecule has 1 aromatic carbocycles. The Labute approximate surface area is 148 Å². The van der Waals surface area contributed by atoms with Crippen LogP contribution in [-0.2, 0) is 25.7 Å². The van der Waals surface area contributed by atoms with E-state index in [2.05, 4.69) is 5.32 Å². The average molecular weight is 349 g/mol. The van der Waals surface area contributed by atoms with Gasteiger partial charge in [0.2, 0.25) is 5.91 Å². The van der Waals surface area contributed by atoms with Gasteiger partial charge < -0.3 is 19.5 Å². The van der Waals surface area contributed by atoms with E-state index < -0.39 is 11.6 Å². The molecule has 25 heavy (non-hydrogen) atoms. The van der Waals surface area contributed by atoms with Gasteiger partial charge >= 0.3 is 5.97 Å². The van der Waals surface area contributed by atoms with Crippen molar-refractivity contribution in [1.29, 1.82) is 0 Å². The maximum Gasteiger partial charge on any atom is 0.331 e. The third kappa shape index (κ3) is 4.95. The molecule has 1 amide bonds. The zero-order valence-electron chi connectivity index (χ0n) is 15.2. The highest BCUT2D eigenvalue weighted by Gasteiger charge is 2.42. The summed E-state index contributed by atoms with van der Waals surface area (Å²) in [5.74, 6) is 0.0702. The second kappa shape index (κ2) is 8.85. The van der Waals surface area contributed by atoms with Gasteiger partial charge in [-0.3, -0.25) is 4.79 Å². The summed E-state index contributed by atoms with van der Waals surface area (Å²) in [6, 6.07) is 7.49. The Bertz CT molecular complexity index is 595. The van der Waals surface area contributed by atoms with E-state index >= 15 is 0 Å². The van der Waals surface area contributed by atoms with E-state index in [1.807, 2.05) is 24.3 Å². The molecular weight excluding hydrogens is 322 g/mol. The minimum absolute atomic E-state index is 0.289. The first kappa shape index (κ1) is 19.2. The third-order valence-electron chi connectivity index (χ3n) is 4.65. The van der Waals surface area contributed by atoms with Crippen molar-refractivity contribution in [3.05, 3.63) is 29.8 Å². The highest BCUT2D eigenvalue weighted by Crippen LogP contribution is 2.29. The number of carbonyl (C=O) groups is 2. The van der Waals surface area contributed by atoms with Crippen LogP contribution >= 0.6 is 0 Å². The van der Waals surface area contributed by atoms with Crippen molar-refractivity contribution in [2.45, 2.75) is 57.3 Å². The zero-order valence-corrected chi connectivity index (χ0v) is 15.2. The molecule has 1 aliphatic rings. The molecule has 1 saturated carbocycles. The van der Waals surface area contributed by atoms with E-state index in [0.717, 1.165) is 30.6 Å². The highest BCUT2D eigenvalue weighted by molar-refractivity contribution is 5.89. The fourth-order valence-electron chi connectivity index (χ4n) is 3.13. The monoisotopic (exact) mass is 349 g/mol. The molecule has 0 heterocycles. The molecule has 6 heteroatoms. The molecule has 0 saturated heterocycles. The van der Waals surface area contributed by atoms with Crippen LogP contribution in [0.25, 0.3) is 0 Å². The highest BCUT2D eigenvalue weighted by atomic mass is 16.5. The van der Waals surface area contributed by atoms with Crippen LogP contribution in [0.2, 0.25) is 0 Å².